The number of benzene rings is 2. The van der Waals surface area contributed by atoms with Crippen LogP contribution in [0.2, 0.25) is 0 Å². The molecule has 0 aliphatic heterocycles. The number of anilines is 2. The smallest absolute Gasteiger partial charge is 0.120 e. The summed E-state index contributed by atoms with van der Waals surface area (Å²) in [5.41, 5.74) is 13.1. The average molecular weight is 697 g/mol. The molecule has 2 N–H and O–H groups in total. The topological polar surface area (TPSA) is 74.6 Å². The Kier molecular flexibility index (Phi) is 14.3. The molecule has 0 amide bonds. The molecule has 0 saturated carbocycles. The van der Waals surface area contributed by atoms with E-state index in [0.717, 1.165) is 34.2 Å². The molecule has 0 fully saturated rings. The maximum absolute atomic E-state index is 5.34. The fourth-order valence-corrected chi connectivity index (χ4v) is 6.70. The van der Waals surface area contributed by atoms with Crippen molar-refractivity contribution in [3.05, 3.63) is 142 Å². The molecule has 0 saturated heterocycles. The van der Waals surface area contributed by atoms with Crippen LogP contribution in [0.1, 0.15) is 152 Å². The summed E-state index contributed by atoms with van der Waals surface area (Å²) in [7, 11) is 0. The summed E-state index contributed by atoms with van der Waals surface area (Å²) in [5.74, 6) is 1.58. The van der Waals surface area contributed by atoms with Crippen LogP contribution in [0.5, 0.6) is 0 Å². The second kappa shape index (κ2) is 18.6. The molecule has 2 aromatic heterocycles. The van der Waals surface area contributed by atoms with Gasteiger partial charge in [-0.2, -0.15) is 0 Å². The van der Waals surface area contributed by atoms with Gasteiger partial charge in [0.15, 0.2) is 0 Å². The number of nitrogens with one attached hydrogen (secondary N) is 2. The molecule has 0 aliphatic rings. The minimum atomic E-state index is -0.403. The highest BCUT2D eigenvalue weighted by atomic mass is 15.0. The third-order valence-electron chi connectivity index (χ3n) is 9.21. The predicted octanol–water partition coefficient (Wildman–Crippen LogP) is 12.7. The van der Waals surface area contributed by atoms with Gasteiger partial charge >= 0.3 is 0 Å². The van der Waals surface area contributed by atoms with Gasteiger partial charge < -0.3 is 10.6 Å². The summed E-state index contributed by atoms with van der Waals surface area (Å²) in [6, 6.07) is 24.4. The minimum Gasteiger partial charge on any atom is -0.359 e. The van der Waals surface area contributed by atoms with Crippen molar-refractivity contribution in [1.29, 1.82) is 0 Å². The molecule has 0 spiro atoms. The number of para-hydroxylation sites is 2. The quantitative estimate of drug-likeness (QED) is 0.121. The lowest BCUT2D eigenvalue weighted by Gasteiger charge is -2.23. The Bertz CT molecular complexity index is 1690. The maximum atomic E-state index is 5.34. The molecule has 4 aromatic rings. The number of hydrogen-bond donors (Lipinski definition) is 2. The fraction of sp³-hybridized carbons (Fsp3) is 0.391. The zero-order valence-electron chi connectivity index (χ0n) is 33.5. The molecule has 52 heavy (non-hydrogen) atoms. The molecule has 0 bridgehead atoms. The van der Waals surface area contributed by atoms with E-state index in [4.69, 9.17) is 20.0 Å². The standard InChI is InChI=1S/C46H60N6/c1-29(2)37-19-17-20-38(30(3)4)43(37)49-33(9)27-35(11)51-45(41-23-13-15-25-47-41)46(42-24-14-16-26-48-42)52-36(12)28-34(10)50-44-39(31(5)6)21-18-22-40(44)32(7)8/h13-32,45-46,49-50H,1-12H3/b33-27-,34-28-,51-35?,52-36?/t45-,46+. The Morgan fingerprint density at radius 1 is 0.481 bits per heavy atom. The molecule has 4 rings (SSSR count). The lowest BCUT2D eigenvalue weighted by Crippen LogP contribution is -2.14. The third-order valence-corrected chi connectivity index (χ3v) is 9.21. The average Bonchev–Trinajstić information content (AvgIpc) is 3.10. The molecule has 2 atom stereocenters. The number of pyridine rings is 2. The molecule has 2 aromatic carbocycles. The Hall–Kier alpha value is -4.84. The van der Waals surface area contributed by atoms with Crippen molar-refractivity contribution in [2.45, 2.75) is 119 Å². The van der Waals surface area contributed by atoms with Gasteiger partial charge in [0.05, 0.1) is 11.4 Å². The molecular formula is C46H60N6. The van der Waals surface area contributed by atoms with Crippen molar-refractivity contribution in [3.63, 3.8) is 0 Å². The molecule has 6 nitrogen and oxygen atoms in total. The van der Waals surface area contributed by atoms with Crippen LogP contribution in [0.25, 0.3) is 0 Å². The van der Waals surface area contributed by atoms with E-state index < -0.39 is 12.1 Å². The lowest BCUT2D eigenvalue weighted by molar-refractivity contribution is 0.553. The van der Waals surface area contributed by atoms with Crippen molar-refractivity contribution < 1.29 is 0 Å². The van der Waals surface area contributed by atoms with E-state index >= 15 is 0 Å². The van der Waals surface area contributed by atoms with Crippen molar-refractivity contribution >= 4 is 22.8 Å². The number of allylic oxidation sites excluding steroid dienone is 4. The zero-order valence-corrected chi connectivity index (χ0v) is 33.5. The van der Waals surface area contributed by atoms with Gasteiger partial charge in [-0.05, 0) is 110 Å². The number of nitrogens with zero attached hydrogens (tertiary/aromatic N) is 4. The van der Waals surface area contributed by atoms with Crippen molar-refractivity contribution in [1.82, 2.24) is 9.97 Å². The van der Waals surface area contributed by atoms with Crippen molar-refractivity contribution in [3.8, 4) is 0 Å². The summed E-state index contributed by atoms with van der Waals surface area (Å²) < 4.78 is 0. The van der Waals surface area contributed by atoms with Crippen LogP contribution >= 0.6 is 0 Å². The van der Waals surface area contributed by atoms with Gasteiger partial charge in [0, 0.05) is 46.6 Å². The molecule has 0 aliphatic carbocycles. The molecule has 6 heteroatoms. The van der Waals surface area contributed by atoms with E-state index in [1.54, 1.807) is 0 Å². The summed E-state index contributed by atoms with van der Waals surface area (Å²) in [6.07, 6.45) is 7.89. The van der Waals surface area contributed by atoms with Gasteiger partial charge in [0.2, 0.25) is 0 Å². The van der Waals surface area contributed by atoms with Crippen LogP contribution in [-0.2, 0) is 0 Å². The normalized spacial score (nSPS) is 14.4. The monoisotopic (exact) mass is 696 g/mol. The van der Waals surface area contributed by atoms with Crippen LogP contribution in [-0.4, -0.2) is 21.4 Å². The van der Waals surface area contributed by atoms with Gasteiger partial charge in [-0.15, -0.1) is 0 Å². The van der Waals surface area contributed by atoms with E-state index in [1.807, 2.05) is 48.8 Å². The highest BCUT2D eigenvalue weighted by Crippen LogP contribution is 2.36. The predicted molar refractivity (Wildman–Crippen MR) is 224 cm³/mol. The lowest BCUT2D eigenvalue weighted by atomic mass is 9.92. The van der Waals surface area contributed by atoms with E-state index in [2.05, 4.69) is 142 Å². The first kappa shape index (κ1) is 39.9. The van der Waals surface area contributed by atoms with Gasteiger partial charge in [-0.1, -0.05) is 104 Å². The van der Waals surface area contributed by atoms with E-state index in [-0.39, 0.29) is 0 Å². The van der Waals surface area contributed by atoms with E-state index in [9.17, 15) is 0 Å². The molecule has 0 unspecified atom stereocenters. The third kappa shape index (κ3) is 10.6. The van der Waals surface area contributed by atoms with Crippen LogP contribution in [0.15, 0.2) is 119 Å². The molecular weight excluding hydrogens is 637 g/mol. The summed E-state index contributed by atoms with van der Waals surface area (Å²) >= 11 is 0. The van der Waals surface area contributed by atoms with Crippen molar-refractivity contribution in [2.75, 3.05) is 10.6 Å². The number of aromatic nitrogens is 2. The van der Waals surface area contributed by atoms with Crippen LogP contribution in [0.4, 0.5) is 11.4 Å². The summed E-state index contributed by atoms with van der Waals surface area (Å²) in [6.45, 7) is 26.3. The second-order valence-corrected chi connectivity index (χ2v) is 15.1. The van der Waals surface area contributed by atoms with Crippen molar-refractivity contribution in [2.24, 2.45) is 9.98 Å². The molecule has 2 heterocycles. The highest BCUT2D eigenvalue weighted by Gasteiger charge is 2.27. The van der Waals surface area contributed by atoms with Gasteiger partial charge in [-0.3, -0.25) is 20.0 Å². The first-order chi connectivity index (χ1) is 24.8. The van der Waals surface area contributed by atoms with E-state index in [1.165, 1.54) is 33.6 Å². The molecule has 0 radical (unpaired) electrons. The van der Waals surface area contributed by atoms with Gasteiger partial charge in [0.1, 0.15) is 12.1 Å². The Morgan fingerprint density at radius 3 is 1.08 bits per heavy atom. The maximum Gasteiger partial charge on any atom is 0.120 e. The largest absolute Gasteiger partial charge is 0.359 e. The number of hydrogen-bond acceptors (Lipinski definition) is 6. The number of aliphatic imine (C=N–C) groups is 2. The summed E-state index contributed by atoms with van der Waals surface area (Å²) in [4.78, 5) is 20.3. The minimum absolute atomic E-state index is 0.396. The first-order valence-corrected chi connectivity index (χ1v) is 18.8. The van der Waals surface area contributed by atoms with E-state index in [0.29, 0.717) is 23.7 Å². The van der Waals surface area contributed by atoms with Gasteiger partial charge in [-0.25, -0.2) is 0 Å². The van der Waals surface area contributed by atoms with Crippen LogP contribution < -0.4 is 10.6 Å². The Balaban J connectivity index is 1.77. The number of rotatable bonds is 15. The first-order valence-electron chi connectivity index (χ1n) is 18.8. The van der Waals surface area contributed by atoms with Gasteiger partial charge in [0.25, 0.3) is 0 Å². The Labute approximate surface area is 313 Å². The zero-order chi connectivity index (χ0) is 37.9. The van der Waals surface area contributed by atoms with Crippen LogP contribution in [0, 0.1) is 0 Å². The van der Waals surface area contributed by atoms with Crippen LogP contribution in [0.3, 0.4) is 0 Å². The Morgan fingerprint density at radius 2 is 0.808 bits per heavy atom. The highest BCUT2D eigenvalue weighted by molar-refractivity contribution is 5.95. The SMILES string of the molecule is CC(/C=C(/C)Nc1c(C(C)C)cccc1C(C)C)=N[C@H](c1ccccn1)[C@@H](N=C(C)/C=C(/C)Nc1c(C(C)C)cccc1C(C)C)c1ccccn1. The summed E-state index contributed by atoms with van der Waals surface area (Å²) in [5, 5.41) is 7.50. The molecule has 274 valence electrons. The second-order valence-electron chi connectivity index (χ2n) is 15.1. The fourth-order valence-electron chi connectivity index (χ4n) is 6.70.